The van der Waals surface area contributed by atoms with Crippen molar-refractivity contribution in [1.82, 2.24) is 4.90 Å². The van der Waals surface area contributed by atoms with Crippen LogP contribution in [0.3, 0.4) is 0 Å². The number of carbonyl (C=O) groups is 1. The molecule has 122 valence electrons. The van der Waals surface area contributed by atoms with Crippen molar-refractivity contribution >= 4 is 21.6 Å². The number of nitrogens with one attached hydrogen (secondary N) is 1. The molecule has 0 saturated carbocycles. The topological polar surface area (TPSA) is 140 Å². The summed E-state index contributed by atoms with van der Waals surface area (Å²) in [6.07, 6.45) is 0.531. The number of nitriles is 2. The minimum Gasteiger partial charge on any atom is -0.325 e. The Morgan fingerprint density at radius 1 is 1.13 bits per heavy atom. The van der Waals surface area contributed by atoms with E-state index in [4.69, 9.17) is 15.7 Å². The number of carbonyl (C=O) groups excluding carboxylic acids is 1. The smallest absolute Gasteiger partial charge is 0.238 e. The van der Waals surface area contributed by atoms with E-state index in [1.807, 2.05) is 12.1 Å². The largest absolute Gasteiger partial charge is 0.325 e. The van der Waals surface area contributed by atoms with Crippen molar-refractivity contribution in [3.63, 3.8) is 0 Å². The van der Waals surface area contributed by atoms with Crippen LogP contribution in [0.1, 0.15) is 12.8 Å². The number of hydrogen-bond donors (Lipinski definition) is 2. The van der Waals surface area contributed by atoms with Crippen LogP contribution in [-0.2, 0) is 14.8 Å². The number of benzene rings is 1. The maximum Gasteiger partial charge on any atom is 0.238 e. The monoisotopic (exact) mass is 335 g/mol. The fourth-order valence-electron chi connectivity index (χ4n) is 1.82. The molecule has 1 rings (SSSR count). The summed E-state index contributed by atoms with van der Waals surface area (Å²) in [4.78, 5) is 13.6. The van der Waals surface area contributed by atoms with Gasteiger partial charge in [0.1, 0.15) is 0 Å². The van der Waals surface area contributed by atoms with Crippen LogP contribution in [0.4, 0.5) is 5.69 Å². The van der Waals surface area contributed by atoms with Gasteiger partial charge in [0.05, 0.1) is 23.6 Å². The van der Waals surface area contributed by atoms with Crippen molar-refractivity contribution < 1.29 is 13.2 Å². The third-order valence-electron chi connectivity index (χ3n) is 2.91. The maximum atomic E-state index is 12.0. The van der Waals surface area contributed by atoms with E-state index in [0.717, 1.165) is 0 Å². The van der Waals surface area contributed by atoms with Crippen LogP contribution in [0.5, 0.6) is 0 Å². The molecular formula is C14H17N5O3S. The number of primary sulfonamides is 1. The van der Waals surface area contributed by atoms with Crippen molar-refractivity contribution in [1.29, 1.82) is 10.5 Å². The van der Waals surface area contributed by atoms with E-state index in [0.29, 0.717) is 18.8 Å². The molecule has 0 aliphatic heterocycles. The van der Waals surface area contributed by atoms with Crippen LogP contribution in [0.15, 0.2) is 29.2 Å². The Kier molecular flexibility index (Phi) is 7.16. The van der Waals surface area contributed by atoms with Gasteiger partial charge in [-0.2, -0.15) is 10.5 Å². The second kappa shape index (κ2) is 8.86. The summed E-state index contributed by atoms with van der Waals surface area (Å²) in [6, 6.07) is 9.46. The van der Waals surface area contributed by atoms with E-state index in [1.54, 1.807) is 4.90 Å². The Labute approximate surface area is 135 Å². The summed E-state index contributed by atoms with van der Waals surface area (Å²) in [5, 5.41) is 24.8. The number of nitrogens with two attached hydrogens (primary N) is 1. The molecule has 0 unspecified atom stereocenters. The molecule has 1 amide bonds. The molecule has 23 heavy (non-hydrogen) atoms. The first-order chi connectivity index (χ1) is 10.9. The van der Waals surface area contributed by atoms with Gasteiger partial charge in [-0.3, -0.25) is 9.69 Å². The molecule has 0 aliphatic carbocycles. The van der Waals surface area contributed by atoms with Gasteiger partial charge in [-0.1, -0.05) is 0 Å². The SMILES string of the molecule is N#CCCN(CCC#N)CC(=O)Nc1ccc(S(N)(=O)=O)cc1. The van der Waals surface area contributed by atoms with Crippen LogP contribution in [0.2, 0.25) is 0 Å². The highest BCUT2D eigenvalue weighted by atomic mass is 32.2. The normalized spacial score (nSPS) is 10.8. The third kappa shape index (κ3) is 6.89. The molecule has 0 atom stereocenters. The van der Waals surface area contributed by atoms with Gasteiger partial charge in [-0.25, -0.2) is 13.6 Å². The number of nitrogens with zero attached hydrogens (tertiary/aromatic N) is 3. The summed E-state index contributed by atoms with van der Waals surface area (Å²) < 4.78 is 22.3. The minimum absolute atomic E-state index is 0.0415. The van der Waals surface area contributed by atoms with Crippen molar-refractivity contribution in [3.05, 3.63) is 24.3 Å². The van der Waals surface area contributed by atoms with Gasteiger partial charge >= 0.3 is 0 Å². The lowest BCUT2D eigenvalue weighted by atomic mass is 10.3. The summed E-state index contributed by atoms with van der Waals surface area (Å²) in [6.45, 7) is 0.839. The van der Waals surface area contributed by atoms with Crippen molar-refractivity contribution in [2.75, 3.05) is 25.0 Å². The number of anilines is 1. The van der Waals surface area contributed by atoms with Gasteiger partial charge in [0, 0.05) is 31.6 Å². The quantitative estimate of drug-likeness (QED) is 0.704. The zero-order chi connectivity index (χ0) is 17.3. The van der Waals surface area contributed by atoms with Crippen LogP contribution in [0.25, 0.3) is 0 Å². The fourth-order valence-corrected chi connectivity index (χ4v) is 2.33. The maximum absolute atomic E-state index is 12.0. The highest BCUT2D eigenvalue weighted by Gasteiger charge is 2.12. The van der Waals surface area contributed by atoms with E-state index in [9.17, 15) is 13.2 Å². The summed E-state index contributed by atoms with van der Waals surface area (Å²) in [5.74, 6) is -0.316. The highest BCUT2D eigenvalue weighted by molar-refractivity contribution is 7.89. The fraction of sp³-hybridized carbons (Fsp3) is 0.357. The lowest BCUT2D eigenvalue weighted by Crippen LogP contribution is -2.34. The van der Waals surface area contributed by atoms with Crippen molar-refractivity contribution in [2.45, 2.75) is 17.7 Å². The van der Waals surface area contributed by atoms with E-state index < -0.39 is 10.0 Å². The highest BCUT2D eigenvalue weighted by Crippen LogP contribution is 2.12. The number of hydrogen-bond acceptors (Lipinski definition) is 6. The van der Waals surface area contributed by atoms with Gasteiger partial charge in [-0.05, 0) is 24.3 Å². The van der Waals surface area contributed by atoms with Gasteiger partial charge in [0.2, 0.25) is 15.9 Å². The average molecular weight is 335 g/mol. The molecule has 0 spiro atoms. The zero-order valence-electron chi connectivity index (χ0n) is 12.4. The molecule has 0 radical (unpaired) electrons. The Balaban J connectivity index is 2.63. The molecule has 0 saturated heterocycles. The molecule has 0 aliphatic rings. The lowest BCUT2D eigenvalue weighted by molar-refractivity contribution is -0.117. The average Bonchev–Trinajstić information content (AvgIpc) is 2.49. The standard InChI is InChI=1S/C14H17N5O3S/c15-7-1-9-19(10-2-8-16)11-14(20)18-12-3-5-13(6-4-12)23(17,21)22/h3-6H,1-2,9-11H2,(H,18,20)(H2,17,21,22). The molecule has 0 bridgehead atoms. The Bertz CT molecular complexity index is 698. The second-order valence-electron chi connectivity index (χ2n) is 4.71. The van der Waals surface area contributed by atoms with Crippen LogP contribution < -0.4 is 10.5 Å². The first-order valence-electron chi connectivity index (χ1n) is 6.76. The first kappa shape index (κ1) is 18.6. The molecule has 3 N–H and O–H groups in total. The number of amides is 1. The Morgan fingerprint density at radius 2 is 1.65 bits per heavy atom. The molecular weight excluding hydrogens is 318 g/mol. The molecule has 1 aromatic rings. The Hall–Kier alpha value is -2.46. The third-order valence-corrected chi connectivity index (χ3v) is 3.84. The van der Waals surface area contributed by atoms with Crippen molar-refractivity contribution in [3.8, 4) is 12.1 Å². The van der Waals surface area contributed by atoms with E-state index in [-0.39, 0.29) is 30.2 Å². The number of sulfonamides is 1. The van der Waals surface area contributed by atoms with Gasteiger partial charge < -0.3 is 5.32 Å². The predicted octanol–water partition coefficient (Wildman–Crippen LogP) is 0.402. The molecule has 9 heteroatoms. The lowest BCUT2D eigenvalue weighted by Gasteiger charge is -2.19. The minimum atomic E-state index is -3.77. The van der Waals surface area contributed by atoms with Gasteiger partial charge in [-0.15, -0.1) is 0 Å². The van der Waals surface area contributed by atoms with E-state index in [1.165, 1.54) is 24.3 Å². The van der Waals surface area contributed by atoms with Crippen LogP contribution >= 0.6 is 0 Å². The summed E-state index contributed by atoms with van der Waals surface area (Å²) in [5.41, 5.74) is 0.433. The van der Waals surface area contributed by atoms with Crippen LogP contribution in [0, 0.1) is 22.7 Å². The molecule has 0 fully saturated rings. The zero-order valence-corrected chi connectivity index (χ0v) is 13.2. The van der Waals surface area contributed by atoms with E-state index in [2.05, 4.69) is 5.32 Å². The van der Waals surface area contributed by atoms with Crippen LogP contribution in [-0.4, -0.2) is 38.9 Å². The molecule has 0 heterocycles. The Morgan fingerprint density at radius 3 is 2.09 bits per heavy atom. The predicted molar refractivity (Wildman–Crippen MR) is 83.3 cm³/mol. The van der Waals surface area contributed by atoms with E-state index >= 15 is 0 Å². The van der Waals surface area contributed by atoms with Crippen molar-refractivity contribution in [2.24, 2.45) is 5.14 Å². The molecule has 8 nitrogen and oxygen atoms in total. The number of rotatable bonds is 8. The molecule has 0 aromatic heterocycles. The molecule has 1 aromatic carbocycles. The summed E-state index contributed by atoms with van der Waals surface area (Å²) in [7, 11) is -3.77. The van der Waals surface area contributed by atoms with Gasteiger partial charge in [0.25, 0.3) is 0 Å². The summed E-state index contributed by atoms with van der Waals surface area (Å²) >= 11 is 0. The van der Waals surface area contributed by atoms with Gasteiger partial charge in [0.15, 0.2) is 0 Å². The second-order valence-corrected chi connectivity index (χ2v) is 6.27. The first-order valence-corrected chi connectivity index (χ1v) is 8.30.